The van der Waals surface area contributed by atoms with Crippen LogP contribution in [0.3, 0.4) is 0 Å². The summed E-state index contributed by atoms with van der Waals surface area (Å²) >= 11 is 1.48. The van der Waals surface area contributed by atoms with E-state index in [0.717, 1.165) is 27.3 Å². The highest BCUT2D eigenvalue weighted by molar-refractivity contribution is 7.12. The number of carbonyl (C=O) groups excluding carboxylic acids is 1. The van der Waals surface area contributed by atoms with E-state index in [1.165, 1.54) is 11.3 Å². The predicted octanol–water partition coefficient (Wildman–Crippen LogP) is 3.99. The van der Waals surface area contributed by atoms with Crippen molar-refractivity contribution >= 4 is 17.1 Å². The third-order valence-corrected chi connectivity index (χ3v) is 3.66. The average Bonchev–Trinajstić information content (AvgIpc) is 2.81. The zero-order valence-corrected chi connectivity index (χ0v) is 11.6. The molecule has 0 saturated heterocycles. The molecule has 1 heterocycles. The van der Waals surface area contributed by atoms with Gasteiger partial charge in [0.25, 0.3) is 0 Å². The van der Waals surface area contributed by atoms with Crippen LogP contribution in [-0.2, 0) is 0 Å². The topological polar surface area (TPSA) is 26.3 Å². The number of thiophene rings is 1. The standard InChI is InChI=1S/C15H16O2S/c1-4-17-12-8-10(2)14(11(3)9-12)15(16)13-6-5-7-18-13/h5-9H,4H2,1-3H3. The molecular weight excluding hydrogens is 244 g/mol. The first-order valence-corrected chi connectivity index (χ1v) is 6.83. The molecule has 0 radical (unpaired) electrons. The van der Waals surface area contributed by atoms with Gasteiger partial charge in [-0.3, -0.25) is 4.79 Å². The van der Waals surface area contributed by atoms with Gasteiger partial charge < -0.3 is 4.74 Å². The highest BCUT2D eigenvalue weighted by atomic mass is 32.1. The second kappa shape index (κ2) is 5.36. The summed E-state index contributed by atoms with van der Waals surface area (Å²) in [5, 5.41) is 1.92. The molecular formula is C15H16O2S. The van der Waals surface area contributed by atoms with Crippen LogP contribution in [0.5, 0.6) is 5.75 Å². The summed E-state index contributed by atoms with van der Waals surface area (Å²) in [6, 6.07) is 7.62. The number of ketones is 1. The van der Waals surface area contributed by atoms with Gasteiger partial charge in [-0.2, -0.15) is 0 Å². The van der Waals surface area contributed by atoms with E-state index in [1.807, 2.05) is 50.4 Å². The van der Waals surface area contributed by atoms with Crippen molar-refractivity contribution in [1.82, 2.24) is 0 Å². The second-order valence-electron chi connectivity index (χ2n) is 4.17. The summed E-state index contributed by atoms with van der Waals surface area (Å²) in [6.45, 7) is 6.50. The number of aryl methyl sites for hydroxylation is 2. The molecule has 0 spiro atoms. The maximum absolute atomic E-state index is 12.4. The van der Waals surface area contributed by atoms with Crippen LogP contribution in [0, 0.1) is 13.8 Å². The van der Waals surface area contributed by atoms with Gasteiger partial charge in [0.05, 0.1) is 11.5 Å². The van der Waals surface area contributed by atoms with Gasteiger partial charge in [-0.05, 0) is 55.5 Å². The summed E-state index contributed by atoms with van der Waals surface area (Å²) < 4.78 is 5.48. The Hall–Kier alpha value is -1.61. The second-order valence-corrected chi connectivity index (χ2v) is 5.12. The molecule has 0 amide bonds. The molecule has 0 aliphatic rings. The number of ether oxygens (including phenoxy) is 1. The number of carbonyl (C=O) groups is 1. The van der Waals surface area contributed by atoms with E-state index in [1.54, 1.807) is 0 Å². The molecule has 0 atom stereocenters. The van der Waals surface area contributed by atoms with Gasteiger partial charge >= 0.3 is 0 Å². The van der Waals surface area contributed by atoms with Crippen molar-refractivity contribution in [1.29, 1.82) is 0 Å². The number of benzene rings is 1. The number of hydrogen-bond donors (Lipinski definition) is 0. The van der Waals surface area contributed by atoms with E-state index < -0.39 is 0 Å². The lowest BCUT2D eigenvalue weighted by atomic mass is 9.98. The molecule has 1 aromatic carbocycles. The van der Waals surface area contributed by atoms with Gasteiger partial charge in [-0.15, -0.1) is 11.3 Å². The summed E-state index contributed by atoms with van der Waals surface area (Å²) in [4.78, 5) is 13.2. The normalized spacial score (nSPS) is 10.4. The summed E-state index contributed by atoms with van der Waals surface area (Å²) in [6.07, 6.45) is 0. The average molecular weight is 260 g/mol. The van der Waals surface area contributed by atoms with Crippen LogP contribution in [0.1, 0.15) is 33.3 Å². The smallest absolute Gasteiger partial charge is 0.203 e. The molecule has 2 nitrogen and oxygen atoms in total. The monoisotopic (exact) mass is 260 g/mol. The van der Waals surface area contributed by atoms with Crippen molar-refractivity contribution in [2.24, 2.45) is 0 Å². The molecule has 0 unspecified atom stereocenters. The Bertz CT molecular complexity index is 533. The van der Waals surface area contributed by atoms with E-state index in [0.29, 0.717) is 6.61 Å². The van der Waals surface area contributed by atoms with E-state index >= 15 is 0 Å². The lowest BCUT2D eigenvalue weighted by Crippen LogP contribution is -2.05. The molecule has 1 aromatic heterocycles. The first kappa shape index (κ1) is 12.8. The Labute approximate surface area is 111 Å². The van der Waals surface area contributed by atoms with Crippen LogP contribution in [0.25, 0.3) is 0 Å². The molecule has 3 heteroatoms. The predicted molar refractivity (Wildman–Crippen MR) is 74.8 cm³/mol. The Morgan fingerprint density at radius 1 is 1.28 bits per heavy atom. The lowest BCUT2D eigenvalue weighted by Gasteiger charge is -2.11. The Kier molecular flexibility index (Phi) is 3.82. The molecule has 0 N–H and O–H groups in total. The van der Waals surface area contributed by atoms with E-state index in [9.17, 15) is 4.79 Å². The third kappa shape index (κ3) is 2.46. The molecule has 0 saturated carbocycles. The van der Waals surface area contributed by atoms with Crippen LogP contribution in [0.4, 0.5) is 0 Å². The van der Waals surface area contributed by atoms with Crippen LogP contribution >= 0.6 is 11.3 Å². The van der Waals surface area contributed by atoms with E-state index in [2.05, 4.69) is 0 Å². The van der Waals surface area contributed by atoms with Crippen molar-refractivity contribution in [3.05, 3.63) is 51.2 Å². The highest BCUT2D eigenvalue weighted by Gasteiger charge is 2.16. The fraction of sp³-hybridized carbons (Fsp3) is 0.267. The first-order chi connectivity index (χ1) is 8.63. The summed E-state index contributed by atoms with van der Waals surface area (Å²) in [7, 11) is 0. The van der Waals surface area contributed by atoms with Gasteiger partial charge in [-0.1, -0.05) is 6.07 Å². The van der Waals surface area contributed by atoms with Crippen LogP contribution < -0.4 is 4.74 Å². The lowest BCUT2D eigenvalue weighted by molar-refractivity contribution is 0.104. The fourth-order valence-electron chi connectivity index (χ4n) is 2.06. The Morgan fingerprint density at radius 3 is 2.44 bits per heavy atom. The summed E-state index contributed by atoms with van der Waals surface area (Å²) in [5.74, 6) is 0.929. The van der Waals surface area contributed by atoms with Gasteiger partial charge in [0, 0.05) is 5.56 Å². The molecule has 18 heavy (non-hydrogen) atoms. The quantitative estimate of drug-likeness (QED) is 0.777. The van der Waals surface area contributed by atoms with E-state index in [-0.39, 0.29) is 5.78 Å². The number of rotatable bonds is 4. The minimum atomic E-state index is 0.100. The Balaban J connectivity index is 2.43. The highest BCUT2D eigenvalue weighted by Crippen LogP contribution is 2.25. The van der Waals surface area contributed by atoms with Crippen LogP contribution in [-0.4, -0.2) is 12.4 Å². The molecule has 0 fully saturated rings. The summed E-state index contributed by atoms with van der Waals surface area (Å²) in [5.41, 5.74) is 2.73. The zero-order valence-electron chi connectivity index (χ0n) is 10.8. The third-order valence-electron chi connectivity index (χ3n) is 2.79. The fourth-order valence-corrected chi connectivity index (χ4v) is 2.73. The van der Waals surface area contributed by atoms with Gasteiger partial charge in [-0.25, -0.2) is 0 Å². The first-order valence-electron chi connectivity index (χ1n) is 5.95. The van der Waals surface area contributed by atoms with E-state index in [4.69, 9.17) is 4.74 Å². The van der Waals surface area contributed by atoms with Crippen LogP contribution in [0.15, 0.2) is 29.6 Å². The van der Waals surface area contributed by atoms with Crippen molar-refractivity contribution in [2.75, 3.05) is 6.61 Å². The maximum atomic E-state index is 12.4. The Morgan fingerprint density at radius 2 is 1.94 bits per heavy atom. The largest absolute Gasteiger partial charge is 0.494 e. The van der Waals surface area contributed by atoms with Crippen molar-refractivity contribution < 1.29 is 9.53 Å². The maximum Gasteiger partial charge on any atom is 0.203 e. The SMILES string of the molecule is CCOc1cc(C)c(C(=O)c2cccs2)c(C)c1. The van der Waals surface area contributed by atoms with Crippen molar-refractivity contribution in [2.45, 2.75) is 20.8 Å². The molecule has 0 aliphatic heterocycles. The molecule has 2 rings (SSSR count). The number of hydrogen-bond acceptors (Lipinski definition) is 3. The minimum absolute atomic E-state index is 0.100. The minimum Gasteiger partial charge on any atom is -0.494 e. The van der Waals surface area contributed by atoms with Gasteiger partial charge in [0.1, 0.15) is 5.75 Å². The molecule has 0 bridgehead atoms. The molecule has 94 valence electrons. The molecule has 2 aromatic rings. The molecule has 0 aliphatic carbocycles. The van der Waals surface area contributed by atoms with Crippen molar-refractivity contribution in [3.8, 4) is 5.75 Å². The van der Waals surface area contributed by atoms with Gasteiger partial charge in [0.15, 0.2) is 0 Å². The zero-order chi connectivity index (χ0) is 13.1. The van der Waals surface area contributed by atoms with Crippen LogP contribution in [0.2, 0.25) is 0 Å². The van der Waals surface area contributed by atoms with Gasteiger partial charge in [0.2, 0.25) is 5.78 Å². The van der Waals surface area contributed by atoms with Crippen molar-refractivity contribution in [3.63, 3.8) is 0 Å².